The molecule has 0 fully saturated rings. The molecule has 0 aliphatic rings. The summed E-state index contributed by atoms with van der Waals surface area (Å²) in [5.41, 5.74) is -0.249. The zero-order chi connectivity index (χ0) is 13.8. The fourth-order valence-corrected chi connectivity index (χ4v) is 1.97. The van der Waals surface area contributed by atoms with Crippen LogP contribution in [0, 0.1) is 0 Å². The molecule has 0 aromatic heterocycles. The van der Waals surface area contributed by atoms with Crippen molar-refractivity contribution >= 4 is 25.7 Å². The molecule has 0 amide bonds. The topological polar surface area (TPSA) is 80.7 Å². The molecule has 0 saturated carbocycles. The Morgan fingerprint density at radius 3 is 2.67 bits per heavy atom. The molecule has 18 heavy (non-hydrogen) atoms. The fourth-order valence-electron chi connectivity index (χ4n) is 1.19. The third-order valence-corrected chi connectivity index (χ3v) is 3.39. The zero-order valence-corrected chi connectivity index (χ0v) is 11.0. The van der Waals surface area contributed by atoms with Crippen LogP contribution in [0.5, 0.6) is 5.75 Å². The average Bonchev–Trinajstić information content (AvgIpc) is 2.28. The van der Waals surface area contributed by atoms with Crippen LogP contribution in [0.15, 0.2) is 35.2 Å². The van der Waals surface area contributed by atoms with Gasteiger partial charge in [-0.3, -0.25) is 0 Å². The van der Waals surface area contributed by atoms with Crippen LogP contribution >= 0.6 is 10.7 Å². The van der Waals surface area contributed by atoms with Crippen molar-refractivity contribution in [2.45, 2.75) is 11.8 Å². The van der Waals surface area contributed by atoms with Crippen molar-refractivity contribution in [1.82, 2.24) is 0 Å². The molecule has 0 aliphatic heterocycles. The minimum Gasteiger partial charge on any atom is -0.489 e. The largest absolute Gasteiger partial charge is 0.489 e. The summed E-state index contributed by atoms with van der Waals surface area (Å²) in [5.74, 6) is -1.20. The SMILES string of the molecule is C/C=C/COc1ccc(S(=O)(=O)Cl)cc1C(=O)O. The first-order valence-electron chi connectivity index (χ1n) is 4.92. The van der Waals surface area contributed by atoms with Crippen LogP contribution in [0.3, 0.4) is 0 Å². The number of allylic oxidation sites excluding steroid dienone is 1. The number of hydrogen-bond donors (Lipinski definition) is 1. The summed E-state index contributed by atoms with van der Waals surface area (Å²) in [5, 5.41) is 8.98. The molecule has 0 radical (unpaired) electrons. The maximum atomic E-state index is 11.1. The highest BCUT2D eigenvalue weighted by molar-refractivity contribution is 8.13. The quantitative estimate of drug-likeness (QED) is 0.664. The summed E-state index contributed by atoms with van der Waals surface area (Å²) in [6.45, 7) is 1.99. The lowest BCUT2D eigenvalue weighted by Gasteiger charge is -2.08. The van der Waals surface area contributed by atoms with E-state index in [9.17, 15) is 13.2 Å². The van der Waals surface area contributed by atoms with Crippen LogP contribution in [-0.4, -0.2) is 26.1 Å². The molecular weight excluding hydrogens is 280 g/mol. The second-order valence-electron chi connectivity index (χ2n) is 3.28. The van der Waals surface area contributed by atoms with Crippen molar-refractivity contribution in [3.8, 4) is 5.75 Å². The number of rotatable bonds is 5. The van der Waals surface area contributed by atoms with Crippen molar-refractivity contribution in [1.29, 1.82) is 0 Å². The lowest BCUT2D eigenvalue weighted by atomic mass is 10.2. The van der Waals surface area contributed by atoms with E-state index in [4.69, 9.17) is 20.5 Å². The fraction of sp³-hybridized carbons (Fsp3) is 0.182. The van der Waals surface area contributed by atoms with Gasteiger partial charge in [-0.15, -0.1) is 0 Å². The van der Waals surface area contributed by atoms with Gasteiger partial charge in [-0.25, -0.2) is 13.2 Å². The summed E-state index contributed by atoms with van der Waals surface area (Å²) < 4.78 is 27.4. The molecule has 1 rings (SSSR count). The van der Waals surface area contributed by atoms with Crippen LogP contribution in [0.1, 0.15) is 17.3 Å². The normalized spacial score (nSPS) is 11.7. The molecule has 7 heteroatoms. The summed E-state index contributed by atoms with van der Waals surface area (Å²) in [6.07, 6.45) is 3.44. The highest BCUT2D eigenvalue weighted by atomic mass is 35.7. The molecule has 1 aromatic rings. The molecule has 98 valence electrons. The predicted molar refractivity (Wildman–Crippen MR) is 66.7 cm³/mol. The van der Waals surface area contributed by atoms with Gasteiger partial charge in [0.2, 0.25) is 0 Å². The van der Waals surface area contributed by atoms with E-state index >= 15 is 0 Å². The van der Waals surface area contributed by atoms with Gasteiger partial charge in [-0.05, 0) is 25.1 Å². The van der Waals surface area contributed by atoms with Gasteiger partial charge in [0, 0.05) is 10.7 Å². The minimum atomic E-state index is -3.96. The number of carboxylic acid groups (broad SMARTS) is 1. The van der Waals surface area contributed by atoms with E-state index in [0.29, 0.717) is 0 Å². The standard InChI is InChI=1S/C11H11ClO5S/c1-2-3-6-17-10-5-4-8(18(12,15)16)7-9(10)11(13)14/h2-5,7H,6H2,1H3,(H,13,14)/b3-2+. The molecule has 1 aromatic carbocycles. The number of carboxylic acids is 1. The molecule has 0 heterocycles. The number of hydrogen-bond acceptors (Lipinski definition) is 4. The van der Waals surface area contributed by atoms with E-state index < -0.39 is 15.0 Å². The van der Waals surface area contributed by atoms with Crippen LogP contribution in [0.4, 0.5) is 0 Å². The molecule has 0 atom stereocenters. The Hall–Kier alpha value is -1.53. The van der Waals surface area contributed by atoms with Gasteiger partial charge in [-0.1, -0.05) is 12.2 Å². The molecule has 0 unspecified atom stereocenters. The van der Waals surface area contributed by atoms with E-state index in [-0.39, 0.29) is 22.8 Å². The number of carbonyl (C=O) groups is 1. The molecule has 0 bridgehead atoms. The van der Waals surface area contributed by atoms with E-state index in [0.717, 1.165) is 6.07 Å². The minimum absolute atomic E-state index is 0.0877. The molecular formula is C11H11ClO5S. The molecule has 0 saturated heterocycles. The number of halogens is 1. The molecule has 5 nitrogen and oxygen atoms in total. The van der Waals surface area contributed by atoms with E-state index in [2.05, 4.69) is 0 Å². The van der Waals surface area contributed by atoms with E-state index in [1.807, 2.05) is 0 Å². The van der Waals surface area contributed by atoms with Crippen molar-refractivity contribution in [2.75, 3.05) is 6.61 Å². The predicted octanol–water partition coefficient (Wildman–Crippen LogP) is 2.27. The van der Waals surface area contributed by atoms with Gasteiger partial charge < -0.3 is 9.84 Å². The smallest absolute Gasteiger partial charge is 0.339 e. The van der Waals surface area contributed by atoms with Crippen LogP contribution in [0.25, 0.3) is 0 Å². The third kappa shape index (κ3) is 3.75. The second-order valence-corrected chi connectivity index (χ2v) is 5.85. The molecule has 0 aliphatic carbocycles. The first kappa shape index (κ1) is 14.5. The first-order valence-corrected chi connectivity index (χ1v) is 7.23. The Kier molecular flexibility index (Phi) is 4.75. The summed E-state index contributed by atoms with van der Waals surface area (Å²) in [4.78, 5) is 10.7. The van der Waals surface area contributed by atoms with Crippen LogP contribution in [0.2, 0.25) is 0 Å². The maximum Gasteiger partial charge on any atom is 0.339 e. The summed E-state index contributed by atoms with van der Waals surface area (Å²) in [6, 6.07) is 3.43. The van der Waals surface area contributed by atoms with Crippen molar-refractivity contribution < 1.29 is 23.1 Å². The highest BCUT2D eigenvalue weighted by Gasteiger charge is 2.17. The van der Waals surface area contributed by atoms with Gasteiger partial charge >= 0.3 is 5.97 Å². The van der Waals surface area contributed by atoms with E-state index in [1.54, 1.807) is 19.1 Å². The van der Waals surface area contributed by atoms with Gasteiger partial charge in [0.15, 0.2) is 0 Å². The Morgan fingerprint density at radius 1 is 1.50 bits per heavy atom. The van der Waals surface area contributed by atoms with Crippen LogP contribution in [-0.2, 0) is 9.05 Å². The van der Waals surface area contributed by atoms with E-state index in [1.165, 1.54) is 12.1 Å². The summed E-state index contributed by atoms with van der Waals surface area (Å²) in [7, 11) is 1.18. The average molecular weight is 291 g/mol. The van der Waals surface area contributed by atoms with Crippen LogP contribution < -0.4 is 4.74 Å². The third-order valence-electron chi connectivity index (χ3n) is 2.03. The zero-order valence-electron chi connectivity index (χ0n) is 9.46. The Balaban J connectivity index is 3.17. The lowest BCUT2D eigenvalue weighted by Crippen LogP contribution is -2.05. The second kappa shape index (κ2) is 5.88. The van der Waals surface area contributed by atoms with Gasteiger partial charge in [-0.2, -0.15) is 0 Å². The Labute approximate surface area is 109 Å². The van der Waals surface area contributed by atoms with Gasteiger partial charge in [0.1, 0.15) is 17.9 Å². The maximum absolute atomic E-state index is 11.1. The number of aromatic carboxylic acids is 1. The highest BCUT2D eigenvalue weighted by Crippen LogP contribution is 2.24. The molecule has 1 N–H and O–H groups in total. The number of ether oxygens (including phenoxy) is 1. The van der Waals surface area contributed by atoms with Gasteiger partial charge in [0.05, 0.1) is 4.90 Å². The summed E-state index contributed by atoms with van der Waals surface area (Å²) >= 11 is 0. The first-order chi connectivity index (χ1) is 8.36. The Morgan fingerprint density at radius 2 is 2.17 bits per heavy atom. The number of benzene rings is 1. The van der Waals surface area contributed by atoms with Crippen molar-refractivity contribution in [3.63, 3.8) is 0 Å². The van der Waals surface area contributed by atoms with Gasteiger partial charge in [0.25, 0.3) is 9.05 Å². The van der Waals surface area contributed by atoms with Crippen molar-refractivity contribution in [3.05, 3.63) is 35.9 Å². The monoisotopic (exact) mass is 290 g/mol. The van der Waals surface area contributed by atoms with Crippen molar-refractivity contribution in [2.24, 2.45) is 0 Å². The molecule has 0 spiro atoms. The Bertz CT molecular complexity index is 577. The lowest BCUT2D eigenvalue weighted by molar-refractivity contribution is 0.0692.